The fourth-order valence-electron chi connectivity index (χ4n) is 2.65. The molecular formula is C22H20N2O4S. The largest absolute Gasteiger partial charge is 0.465 e. The van der Waals surface area contributed by atoms with Crippen molar-refractivity contribution in [3.63, 3.8) is 0 Å². The lowest BCUT2D eigenvalue weighted by molar-refractivity contribution is 0.0600. The molecule has 0 fully saturated rings. The Hall–Kier alpha value is -3.45. The van der Waals surface area contributed by atoms with Gasteiger partial charge in [0.25, 0.3) is 10.0 Å². The number of aryl methyl sites for hydroxylation is 1. The highest BCUT2D eigenvalue weighted by Gasteiger charge is 2.15. The van der Waals surface area contributed by atoms with Crippen molar-refractivity contribution in [3.8, 4) is 0 Å². The normalized spacial score (nSPS) is 11.7. The van der Waals surface area contributed by atoms with Crippen LogP contribution in [0.25, 0.3) is 0 Å². The van der Waals surface area contributed by atoms with Crippen LogP contribution in [0.5, 0.6) is 0 Å². The van der Waals surface area contributed by atoms with Gasteiger partial charge in [-0.05, 0) is 31.2 Å². The second-order valence-electron chi connectivity index (χ2n) is 6.30. The maximum Gasteiger partial charge on any atom is 0.337 e. The van der Waals surface area contributed by atoms with Gasteiger partial charge in [0.05, 0.1) is 23.3 Å². The Bertz CT molecular complexity index is 1120. The van der Waals surface area contributed by atoms with Gasteiger partial charge in [-0.15, -0.1) is 0 Å². The first-order chi connectivity index (χ1) is 13.9. The molecule has 0 spiro atoms. The maximum absolute atomic E-state index is 12.6. The van der Waals surface area contributed by atoms with Crippen LogP contribution < -0.4 is 4.83 Å². The maximum atomic E-state index is 12.6. The van der Waals surface area contributed by atoms with Gasteiger partial charge in [-0.1, -0.05) is 60.2 Å². The van der Waals surface area contributed by atoms with E-state index in [-0.39, 0.29) is 4.90 Å². The summed E-state index contributed by atoms with van der Waals surface area (Å²) in [7, 11) is -2.51. The van der Waals surface area contributed by atoms with Gasteiger partial charge in [-0.25, -0.2) is 4.79 Å². The number of nitrogens with zero attached hydrogens (tertiary/aromatic N) is 1. The second kappa shape index (κ2) is 8.70. The molecule has 7 heteroatoms. The number of rotatable bonds is 6. The molecule has 0 atom stereocenters. The molecule has 0 aliphatic carbocycles. The highest BCUT2D eigenvalue weighted by Crippen LogP contribution is 2.14. The average Bonchev–Trinajstić information content (AvgIpc) is 2.75. The second-order valence-corrected chi connectivity index (χ2v) is 7.96. The summed E-state index contributed by atoms with van der Waals surface area (Å²) in [6.45, 7) is 1.88. The summed E-state index contributed by atoms with van der Waals surface area (Å²) in [5.74, 6) is -0.449. The number of carbonyl (C=O) groups excluding carboxylic acids is 1. The van der Waals surface area contributed by atoms with Crippen LogP contribution in [0.2, 0.25) is 0 Å². The van der Waals surface area contributed by atoms with Crippen molar-refractivity contribution < 1.29 is 17.9 Å². The predicted octanol–water partition coefficient (Wildman–Crippen LogP) is 3.51. The van der Waals surface area contributed by atoms with Gasteiger partial charge in [0.15, 0.2) is 0 Å². The smallest absolute Gasteiger partial charge is 0.337 e. The molecule has 1 N–H and O–H groups in total. The standard InChI is InChI=1S/C22H20N2O4S/c1-16-8-14-20(15-9-16)29(26,27)24-23-21(17-6-4-3-5-7-17)18-10-12-19(13-11-18)22(25)28-2/h3-15,24H,1-2H3. The molecule has 0 amide bonds. The molecule has 0 unspecified atom stereocenters. The van der Waals surface area contributed by atoms with Crippen molar-refractivity contribution in [3.05, 3.63) is 101 Å². The Balaban J connectivity index is 1.98. The van der Waals surface area contributed by atoms with Crippen LogP contribution in [-0.2, 0) is 14.8 Å². The van der Waals surface area contributed by atoms with Crippen LogP contribution in [0.3, 0.4) is 0 Å². The molecule has 0 saturated carbocycles. The number of carbonyl (C=O) groups is 1. The summed E-state index contributed by atoms with van der Waals surface area (Å²) in [5.41, 5.74) is 3.16. The minimum Gasteiger partial charge on any atom is -0.465 e. The van der Waals surface area contributed by atoms with E-state index in [0.29, 0.717) is 16.8 Å². The van der Waals surface area contributed by atoms with Crippen LogP contribution in [-0.4, -0.2) is 27.2 Å². The van der Waals surface area contributed by atoms with Gasteiger partial charge in [0, 0.05) is 11.1 Å². The minimum atomic E-state index is -3.83. The third-order valence-electron chi connectivity index (χ3n) is 4.24. The van der Waals surface area contributed by atoms with Crippen LogP contribution in [0.1, 0.15) is 27.0 Å². The van der Waals surface area contributed by atoms with Crippen molar-refractivity contribution in [2.45, 2.75) is 11.8 Å². The molecule has 0 radical (unpaired) electrons. The lowest BCUT2D eigenvalue weighted by atomic mass is 10.0. The third kappa shape index (κ3) is 4.89. The van der Waals surface area contributed by atoms with Crippen LogP contribution in [0.4, 0.5) is 0 Å². The summed E-state index contributed by atoms with van der Waals surface area (Å²) < 4.78 is 29.9. The van der Waals surface area contributed by atoms with E-state index in [4.69, 9.17) is 4.74 Å². The van der Waals surface area contributed by atoms with Gasteiger partial charge in [0.1, 0.15) is 0 Å². The number of nitrogens with one attached hydrogen (secondary N) is 1. The molecule has 3 rings (SSSR count). The zero-order chi connectivity index (χ0) is 20.9. The molecule has 3 aromatic rings. The number of hydrogen-bond donors (Lipinski definition) is 1. The number of ether oxygens (including phenoxy) is 1. The first-order valence-electron chi connectivity index (χ1n) is 8.81. The number of methoxy groups -OCH3 is 1. The van der Waals surface area contributed by atoms with Crippen molar-refractivity contribution in [2.24, 2.45) is 5.10 Å². The van der Waals surface area contributed by atoms with E-state index < -0.39 is 16.0 Å². The lowest BCUT2D eigenvalue weighted by Gasteiger charge is -2.10. The molecule has 0 heterocycles. The van der Waals surface area contributed by atoms with E-state index in [9.17, 15) is 13.2 Å². The molecule has 0 aliphatic heterocycles. The van der Waals surface area contributed by atoms with E-state index in [1.165, 1.54) is 19.2 Å². The Morgan fingerprint density at radius 1 is 0.828 bits per heavy atom. The van der Waals surface area contributed by atoms with E-state index >= 15 is 0 Å². The van der Waals surface area contributed by atoms with Crippen molar-refractivity contribution in [1.29, 1.82) is 0 Å². The SMILES string of the molecule is COC(=O)c1ccc(C(=NNS(=O)(=O)c2ccc(C)cc2)c2ccccc2)cc1. The number of sulfonamides is 1. The lowest BCUT2D eigenvalue weighted by Crippen LogP contribution is -2.21. The molecule has 6 nitrogen and oxygen atoms in total. The Morgan fingerprint density at radius 2 is 1.38 bits per heavy atom. The highest BCUT2D eigenvalue weighted by atomic mass is 32.2. The van der Waals surface area contributed by atoms with Crippen molar-refractivity contribution in [2.75, 3.05) is 7.11 Å². The number of hydrogen-bond acceptors (Lipinski definition) is 5. The quantitative estimate of drug-likeness (QED) is 0.384. The Kier molecular flexibility index (Phi) is 6.09. The van der Waals surface area contributed by atoms with Gasteiger partial charge < -0.3 is 4.74 Å². The van der Waals surface area contributed by atoms with E-state index in [1.54, 1.807) is 36.4 Å². The van der Waals surface area contributed by atoms with E-state index in [1.807, 2.05) is 37.3 Å². The molecule has 29 heavy (non-hydrogen) atoms. The van der Waals surface area contributed by atoms with Crippen LogP contribution in [0, 0.1) is 6.92 Å². The summed E-state index contributed by atoms with van der Waals surface area (Å²) >= 11 is 0. The molecule has 0 aliphatic rings. The zero-order valence-corrected chi connectivity index (χ0v) is 16.8. The molecule has 0 aromatic heterocycles. The van der Waals surface area contributed by atoms with E-state index in [2.05, 4.69) is 9.93 Å². The summed E-state index contributed by atoms with van der Waals surface area (Å²) in [4.78, 5) is 14.1. The Labute approximate surface area is 169 Å². The van der Waals surface area contributed by atoms with Crippen LogP contribution >= 0.6 is 0 Å². The van der Waals surface area contributed by atoms with Gasteiger partial charge >= 0.3 is 5.97 Å². The Morgan fingerprint density at radius 3 is 1.97 bits per heavy atom. The highest BCUT2D eigenvalue weighted by molar-refractivity contribution is 7.89. The first-order valence-corrected chi connectivity index (χ1v) is 10.3. The monoisotopic (exact) mass is 408 g/mol. The zero-order valence-electron chi connectivity index (χ0n) is 16.0. The molecule has 0 saturated heterocycles. The fourth-order valence-corrected chi connectivity index (χ4v) is 3.46. The number of esters is 1. The van der Waals surface area contributed by atoms with Crippen molar-refractivity contribution in [1.82, 2.24) is 4.83 Å². The minimum absolute atomic E-state index is 0.125. The molecular weight excluding hydrogens is 388 g/mol. The number of benzene rings is 3. The predicted molar refractivity (Wildman–Crippen MR) is 111 cm³/mol. The van der Waals surface area contributed by atoms with Gasteiger partial charge in [0.2, 0.25) is 0 Å². The van der Waals surface area contributed by atoms with Gasteiger partial charge in [-0.2, -0.15) is 18.4 Å². The third-order valence-corrected chi connectivity index (χ3v) is 5.46. The summed E-state index contributed by atoms with van der Waals surface area (Å²) in [5, 5.41) is 4.19. The topological polar surface area (TPSA) is 84.8 Å². The van der Waals surface area contributed by atoms with Gasteiger partial charge in [-0.3, -0.25) is 0 Å². The molecule has 3 aromatic carbocycles. The number of hydrazone groups is 1. The van der Waals surface area contributed by atoms with E-state index in [0.717, 1.165) is 11.1 Å². The average molecular weight is 408 g/mol. The molecule has 0 bridgehead atoms. The van der Waals surface area contributed by atoms with Crippen molar-refractivity contribution >= 4 is 21.7 Å². The van der Waals surface area contributed by atoms with Crippen LogP contribution in [0.15, 0.2) is 88.9 Å². The first kappa shape index (κ1) is 20.3. The fraction of sp³-hybridized carbons (Fsp3) is 0.0909. The molecule has 148 valence electrons. The summed E-state index contributed by atoms with van der Waals surface area (Å²) in [6.07, 6.45) is 0. The summed E-state index contributed by atoms with van der Waals surface area (Å²) in [6, 6.07) is 22.3.